The summed E-state index contributed by atoms with van der Waals surface area (Å²) in [6, 6.07) is 7.63. The van der Waals surface area contributed by atoms with Gasteiger partial charge in [-0.25, -0.2) is 4.79 Å². The quantitative estimate of drug-likeness (QED) is 0.811. The number of aromatic amines is 1. The van der Waals surface area contributed by atoms with Crippen LogP contribution in [0.5, 0.6) is 0 Å². The number of H-pyrrole nitrogens is 1. The molecule has 6 heteroatoms. The highest BCUT2D eigenvalue weighted by atomic mass is 32.2. The van der Waals surface area contributed by atoms with Crippen molar-refractivity contribution in [2.45, 2.75) is 18.9 Å². The van der Waals surface area contributed by atoms with Gasteiger partial charge in [-0.15, -0.1) is 0 Å². The summed E-state index contributed by atoms with van der Waals surface area (Å²) in [5.41, 5.74) is 1.23. The zero-order valence-corrected chi connectivity index (χ0v) is 12.4. The highest BCUT2D eigenvalue weighted by molar-refractivity contribution is 7.99. The van der Waals surface area contributed by atoms with Gasteiger partial charge >= 0.3 is 5.97 Å². The molecule has 1 fully saturated rings. The molecule has 0 radical (unpaired) electrons. The third kappa shape index (κ3) is 2.51. The predicted molar refractivity (Wildman–Crippen MR) is 82.8 cm³/mol. The van der Waals surface area contributed by atoms with Gasteiger partial charge in [0.15, 0.2) is 0 Å². The van der Waals surface area contributed by atoms with Gasteiger partial charge < -0.3 is 15.4 Å². The Morgan fingerprint density at radius 3 is 2.86 bits per heavy atom. The Morgan fingerprint density at radius 2 is 2.19 bits per heavy atom. The maximum Gasteiger partial charge on any atom is 0.330 e. The van der Waals surface area contributed by atoms with Gasteiger partial charge in [0.05, 0.1) is 0 Å². The molecule has 1 unspecified atom stereocenters. The number of aliphatic carboxylic acids is 1. The van der Waals surface area contributed by atoms with Crippen LogP contribution in [0.1, 0.15) is 22.5 Å². The van der Waals surface area contributed by atoms with Gasteiger partial charge in [-0.05, 0) is 36.8 Å². The minimum Gasteiger partial charge on any atom is -0.479 e. The van der Waals surface area contributed by atoms with Gasteiger partial charge in [0.25, 0.3) is 5.91 Å². The number of aryl methyl sites for hydroxylation is 1. The zero-order valence-electron chi connectivity index (χ0n) is 11.6. The monoisotopic (exact) mass is 304 g/mol. The molecule has 1 aromatic heterocycles. The van der Waals surface area contributed by atoms with Crippen LogP contribution in [0.15, 0.2) is 24.3 Å². The summed E-state index contributed by atoms with van der Waals surface area (Å²) in [4.78, 5) is 26.9. The number of hydrogen-bond acceptors (Lipinski definition) is 3. The molecule has 2 aromatic rings. The summed E-state index contributed by atoms with van der Waals surface area (Å²) in [6.45, 7) is 1.98. The SMILES string of the molecule is Cc1ccc2cc(C(=O)NC3(C(=O)O)CCSC3)[nH]c2c1. The average molecular weight is 304 g/mol. The molecule has 0 aliphatic carbocycles. The molecule has 3 N–H and O–H groups in total. The standard InChI is InChI=1S/C15H16N2O3S/c1-9-2-3-10-7-12(16-11(10)6-9)13(18)17-15(14(19)20)4-5-21-8-15/h2-3,6-7,16H,4-5,8H2,1H3,(H,17,18)(H,19,20). The van der Waals surface area contributed by atoms with Crippen LogP contribution in [0.25, 0.3) is 10.9 Å². The maximum atomic E-state index is 12.3. The Hall–Kier alpha value is -1.95. The van der Waals surface area contributed by atoms with Gasteiger partial charge in [-0.3, -0.25) is 4.79 Å². The van der Waals surface area contributed by atoms with Crippen LogP contribution in [0.2, 0.25) is 0 Å². The third-order valence-electron chi connectivity index (χ3n) is 3.81. The number of carbonyl (C=O) groups is 2. The molecule has 1 aromatic carbocycles. The molecule has 1 atom stereocenters. The fraction of sp³-hybridized carbons (Fsp3) is 0.333. The molecule has 110 valence electrons. The Kier molecular flexibility index (Phi) is 3.41. The summed E-state index contributed by atoms with van der Waals surface area (Å²) < 4.78 is 0. The summed E-state index contributed by atoms with van der Waals surface area (Å²) >= 11 is 1.55. The molecular weight excluding hydrogens is 288 g/mol. The van der Waals surface area contributed by atoms with E-state index in [2.05, 4.69) is 10.3 Å². The van der Waals surface area contributed by atoms with Gasteiger partial charge in [0, 0.05) is 16.7 Å². The number of thioether (sulfide) groups is 1. The lowest BCUT2D eigenvalue weighted by molar-refractivity contribution is -0.143. The smallest absolute Gasteiger partial charge is 0.330 e. The van der Waals surface area contributed by atoms with Crippen LogP contribution in [0.4, 0.5) is 0 Å². The Morgan fingerprint density at radius 1 is 1.38 bits per heavy atom. The van der Waals surface area contributed by atoms with E-state index in [9.17, 15) is 14.7 Å². The predicted octanol–water partition coefficient (Wildman–Crippen LogP) is 2.17. The number of carboxylic acid groups (broad SMARTS) is 1. The molecule has 0 bridgehead atoms. The largest absolute Gasteiger partial charge is 0.479 e. The molecule has 21 heavy (non-hydrogen) atoms. The maximum absolute atomic E-state index is 12.3. The molecule has 1 saturated heterocycles. The summed E-state index contributed by atoms with van der Waals surface area (Å²) in [7, 11) is 0. The lowest BCUT2D eigenvalue weighted by Crippen LogP contribution is -2.54. The normalized spacial score (nSPS) is 21.6. The van der Waals surface area contributed by atoms with Gasteiger partial charge in [0.2, 0.25) is 0 Å². The first kappa shape index (κ1) is 14.0. The van der Waals surface area contributed by atoms with Crippen LogP contribution < -0.4 is 5.32 Å². The van der Waals surface area contributed by atoms with E-state index in [1.54, 1.807) is 17.8 Å². The highest BCUT2D eigenvalue weighted by Gasteiger charge is 2.43. The number of amides is 1. The third-order valence-corrected chi connectivity index (χ3v) is 5.00. The molecule has 1 amide bonds. The van der Waals surface area contributed by atoms with Crippen LogP contribution in [0, 0.1) is 6.92 Å². The first-order valence-electron chi connectivity index (χ1n) is 6.73. The van der Waals surface area contributed by atoms with E-state index in [4.69, 9.17) is 0 Å². The number of carbonyl (C=O) groups excluding carboxylic acids is 1. The molecular formula is C15H16N2O3S. The average Bonchev–Trinajstić information content (AvgIpc) is 3.05. The molecule has 0 spiro atoms. The number of hydrogen-bond donors (Lipinski definition) is 3. The molecule has 3 rings (SSSR count). The van der Waals surface area contributed by atoms with Crippen molar-refractivity contribution in [1.29, 1.82) is 0 Å². The number of carboxylic acids is 1. The molecule has 1 aliphatic rings. The van der Waals surface area contributed by atoms with Crippen LogP contribution in [-0.4, -0.2) is 39.0 Å². The number of benzene rings is 1. The molecule has 1 aliphatic heterocycles. The lowest BCUT2D eigenvalue weighted by Gasteiger charge is -2.24. The van der Waals surface area contributed by atoms with E-state index in [1.165, 1.54) is 0 Å². The van der Waals surface area contributed by atoms with Crippen molar-refractivity contribution >= 4 is 34.5 Å². The first-order chi connectivity index (χ1) is 10.00. The van der Waals surface area contributed by atoms with E-state index in [0.717, 1.165) is 22.2 Å². The second-order valence-electron chi connectivity index (χ2n) is 5.42. The first-order valence-corrected chi connectivity index (χ1v) is 7.89. The van der Waals surface area contributed by atoms with E-state index < -0.39 is 11.5 Å². The molecule has 2 heterocycles. The van der Waals surface area contributed by atoms with E-state index >= 15 is 0 Å². The Balaban J connectivity index is 1.88. The minimum absolute atomic E-state index is 0.367. The minimum atomic E-state index is -1.14. The lowest BCUT2D eigenvalue weighted by atomic mass is 9.99. The fourth-order valence-corrected chi connectivity index (χ4v) is 3.86. The topological polar surface area (TPSA) is 82.2 Å². The Bertz CT molecular complexity index is 717. The van der Waals surface area contributed by atoms with Crippen molar-refractivity contribution < 1.29 is 14.7 Å². The summed E-state index contributed by atoms with van der Waals surface area (Å²) in [6.07, 6.45) is 0.456. The number of aromatic nitrogens is 1. The number of fused-ring (bicyclic) bond motifs is 1. The van der Waals surface area contributed by atoms with Crippen molar-refractivity contribution in [2.24, 2.45) is 0 Å². The van der Waals surface area contributed by atoms with Gasteiger partial charge in [-0.2, -0.15) is 11.8 Å². The van der Waals surface area contributed by atoms with E-state index in [0.29, 0.717) is 17.9 Å². The van der Waals surface area contributed by atoms with Crippen molar-refractivity contribution in [2.75, 3.05) is 11.5 Å². The second kappa shape index (κ2) is 5.11. The summed E-state index contributed by atoms with van der Waals surface area (Å²) in [5, 5.41) is 13.0. The van der Waals surface area contributed by atoms with Gasteiger partial charge in [0.1, 0.15) is 11.2 Å². The summed E-state index contributed by atoms with van der Waals surface area (Å²) in [5.74, 6) is -0.173. The fourth-order valence-electron chi connectivity index (χ4n) is 2.53. The molecule has 0 saturated carbocycles. The van der Waals surface area contributed by atoms with E-state index in [1.807, 2.05) is 25.1 Å². The van der Waals surface area contributed by atoms with Crippen LogP contribution in [-0.2, 0) is 4.79 Å². The van der Waals surface area contributed by atoms with Crippen LogP contribution >= 0.6 is 11.8 Å². The zero-order chi connectivity index (χ0) is 15.0. The van der Waals surface area contributed by atoms with Crippen LogP contribution in [0.3, 0.4) is 0 Å². The second-order valence-corrected chi connectivity index (χ2v) is 6.52. The van der Waals surface area contributed by atoms with Crippen molar-refractivity contribution in [3.05, 3.63) is 35.5 Å². The van der Waals surface area contributed by atoms with Gasteiger partial charge in [-0.1, -0.05) is 12.1 Å². The molecule has 5 nitrogen and oxygen atoms in total. The Labute approximate surface area is 126 Å². The van der Waals surface area contributed by atoms with Crippen molar-refractivity contribution in [3.8, 4) is 0 Å². The van der Waals surface area contributed by atoms with E-state index in [-0.39, 0.29) is 5.91 Å². The highest BCUT2D eigenvalue weighted by Crippen LogP contribution is 2.29. The number of rotatable bonds is 3. The van der Waals surface area contributed by atoms with Crippen molar-refractivity contribution in [3.63, 3.8) is 0 Å². The van der Waals surface area contributed by atoms with Crippen molar-refractivity contribution in [1.82, 2.24) is 10.3 Å². The number of nitrogens with one attached hydrogen (secondary N) is 2.